The number of hydrogen-bond acceptors (Lipinski definition) is 4. The first-order valence-electron chi connectivity index (χ1n) is 9.13. The standard InChI is InChI=1S/C19H23N5O2/c1-12-20-17-15(7-5-11-24(17)22-12)21-18(25)14-6-3-4-8-16(14)23(2)19(26)13-9-10-13/h3-4,6,8,13,15H,5,7,9-11H2,1-2H3,(H,21,25)/t15-/m1/s1. The van der Waals surface area contributed by atoms with Crippen LogP contribution >= 0.6 is 0 Å². The quantitative estimate of drug-likeness (QED) is 0.914. The van der Waals surface area contributed by atoms with Crippen LogP contribution in [0.25, 0.3) is 0 Å². The third-order valence-corrected chi connectivity index (χ3v) is 5.05. The molecule has 1 aliphatic carbocycles. The number of amides is 2. The lowest BCUT2D eigenvalue weighted by Gasteiger charge is -2.25. The molecule has 4 rings (SSSR count). The van der Waals surface area contributed by atoms with Crippen LogP contribution in [0, 0.1) is 12.8 Å². The molecule has 26 heavy (non-hydrogen) atoms. The third kappa shape index (κ3) is 3.09. The van der Waals surface area contributed by atoms with E-state index < -0.39 is 0 Å². The summed E-state index contributed by atoms with van der Waals surface area (Å²) in [5.41, 5.74) is 1.16. The van der Waals surface area contributed by atoms with Crippen molar-refractivity contribution in [2.45, 2.75) is 45.2 Å². The monoisotopic (exact) mass is 353 g/mol. The van der Waals surface area contributed by atoms with E-state index in [1.807, 2.05) is 29.8 Å². The van der Waals surface area contributed by atoms with Gasteiger partial charge >= 0.3 is 0 Å². The molecule has 1 fully saturated rings. The first-order chi connectivity index (χ1) is 12.5. The number of rotatable bonds is 4. The summed E-state index contributed by atoms with van der Waals surface area (Å²) >= 11 is 0. The molecule has 0 saturated heterocycles. The van der Waals surface area contributed by atoms with Crippen LogP contribution in [-0.4, -0.2) is 33.6 Å². The number of nitrogens with one attached hydrogen (secondary N) is 1. The van der Waals surface area contributed by atoms with Gasteiger partial charge in [0.25, 0.3) is 5.91 Å². The van der Waals surface area contributed by atoms with Gasteiger partial charge in [-0.15, -0.1) is 0 Å². The van der Waals surface area contributed by atoms with Gasteiger partial charge in [-0.2, -0.15) is 5.10 Å². The van der Waals surface area contributed by atoms with Gasteiger partial charge in [-0.3, -0.25) is 9.59 Å². The van der Waals surface area contributed by atoms with Crippen molar-refractivity contribution in [3.8, 4) is 0 Å². The van der Waals surface area contributed by atoms with Crippen molar-refractivity contribution in [3.63, 3.8) is 0 Å². The van der Waals surface area contributed by atoms with E-state index >= 15 is 0 Å². The molecule has 2 aromatic rings. The second-order valence-electron chi connectivity index (χ2n) is 7.10. The number of hydrogen-bond donors (Lipinski definition) is 1. The van der Waals surface area contributed by atoms with Gasteiger partial charge in [0.15, 0.2) is 0 Å². The second kappa shape index (κ2) is 6.55. The zero-order valence-electron chi connectivity index (χ0n) is 15.1. The lowest BCUT2D eigenvalue weighted by atomic mass is 10.1. The van der Waals surface area contributed by atoms with Crippen LogP contribution in [0.15, 0.2) is 24.3 Å². The van der Waals surface area contributed by atoms with Crippen LogP contribution in [0.1, 0.15) is 53.7 Å². The molecule has 0 radical (unpaired) electrons. The van der Waals surface area contributed by atoms with Gasteiger partial charge < -0.3 is 10.2 Å². The Kier molecular flexibility index (Phi) is 4.22. The summed E-state index contributed by atoms with van der Waals surface area (Å²) in [5.74, 6) is 1.53. The van der Waals surface area contributed by atoms with E-state index in [9.17, 15) is 9.59 Å². The zero-order valence-corrected chi connectivity index (χ0v) is 15.1. The molecular formula is C19H23N5O2. The maximum atomic E-state index is 13.0. The van der Waals surface area contributed by atoms with Crippen molar-refractivity contribution in [3.05, 3.63) is 41.5 Å². The highest BCUT2D eigenvalue weighted by Gasteiger charge is 2.34. The predicted molar refractivity (Wildman–Crippen MR) is 96.8 cm³/mol. The number of benzene rings is 1. The molecule has 0 bridgehead atoms. The number of carbonyl (C=O) groups is 2. The first kappa shape index (κ1) is 16.8. The van der Waals surface area contributed by atoms with Crippen LogP contribution < -0.4 is 10.2 Å². The molecule has 1 aliphatic heterocycles. The van der Waals surface area contributed by atoms with Crippen LogP contribution in [0.3, 0.4) is 0 Å². The van der Waals surface area contributed by atoms with Crippen molar-refractivity contribution >= 4 is 17.5 Å². The van der Waals surface area contributed by atoms with Crippen molar-refractivity contribution < 1.29 is 9.59 Å². The number of anilines is 1. The van der Waals surface area contributed by atoms with E-state index in [4.69, 9.17) is 0 Å². The Morgan fingerprint density at radius 1 is 1.23 bits per heavy atom. The highest BCUT2D eigenvalue weighted by Crippen LogP contribution is 2.33. The number of aryl methyl sites for hydroxylation is 2. The van der Waals surface area contributed by atoms with Gasteiger partial charge in [0.05, 0.1) is 17.3 Å². The average Bonchev–Trinajstić information content (AvgIpc) is 3.42. The molecule has 0 unspecified atom stereocenters. The van der Waals surface area contributed by atoms with Gasteiger partial charge in [-0.05, 0) is 44.7 Å². The SMILES string of the molecule is Cc1nc2n(n1)CCC[C@H]2NC(=O)c1ccccc1N(C)C(=O)C1CC1. The van der Waals surface area contributed by atoms with E-state index in [-0.39, 0.29) is 23.8 Å². The second-order valence-corrected chi connectivity index (χ2v) is 7.10. The molecule has 1 aromatic carbocycles. The highest BCUT2D eigenvalue weighted by molar-refractivity contribution is 6.05. The Balaban J connectivity index is 1.57. The smallest absolute Gasteiger partial charge is 0.253 e. The third-order valence-electron chi connectivity index (χ3n) is 5.05. The average molecular weight is 353 g/mol. The van der Waals surface area contributed by atoms with Crippen molar-refractivity contribution in [2.75, 3.05) is 11.9 Å². The Labute approximate surface area is 152 Å². The van der Waals surface area contributed by atoms with E-state index in [2.05, 4.69) is 15.4 Å². The highest BCUT2D eigenvalue weighted by atomic mass is 16.2. The van der Waals surface area contributed by atoms with Crippen LogP contribution in [-0.2, 0) is 11.3 Å². The van der Waals surface area contributed by atoms with Gasteiger partial charge in [0.1, 0.15) is 11.6 Å². The summed E-state index contributed by atoms with van der Waals surface area (Å²) in [6.45, 7) is 2.69. The number of aromatic nitrogens is 3. The molecule has 2 amide bonds. The Morgan fingerprint density at radius 2 is 2.00 bits per heavy atom. The molecule has 1 N–H and O–H groups in total. The molecule has 2 aliphatic rings. The summed E-state index contributed by atoms with van der Waals surface area (Å²) in [6.07, 6.45) is 3.66. The number of para-hydroxylation sites is 1. The molecule has 7 heteroatoms. The van der Waals surface area contributed by atoms with E-state index in [1.165, 1.54) is 0 Å². The molecule has 7 nitrogen and oxygen atoms in total. The van der Waals surface area contributed by atoms with E-state index in [0.29, 0.717) is 11.3 Å². The minimum Gasteiger partial charge on any atom is -0.342 e. The van der Waals surface area contributed by atoms with Crippen LogP contribution in [0.2, 0.25) is 0 Å². The summed E-state index contributed by atoms with van der Waals surface area (Å²) in [7, 11) is 1.74. The lowest BCUT2D eigenvalue weighted by molar-refractivity contribution is -0.119. The fraction of sp³-hybridized carbons (Fsp3) is 0.474. The summed E-state index contributed by atoms with van der Waals surface area (Å²) in [5, 5.41) is 7.46. The van der Waals surface area contributed by atoms with Crippen molar-refractivity contribution in [1.29, 1.82) is 0 Å². The molecular weight excluding hydrogens is 330 g/mol. The summed E-state index contributed by atoms with van der Waals surface area (Å²) < 4.78 is 1.87. The molecule has 1 saturated carbocycles. The maximum Gasteiger partial charge on any atom is 0.253 e. The van der Waals surface area contributed by atoms with Gasteiger partial charge in [0.2, 0.25) is 5.91 Å². The molecule has 1 atom stereocenters. The van der Waals surface area contributed by atoms with Gasteiger partial charge in [0, 0.05) is 19.5 Å². The number of fused-ring (bicyclic) bond motifs is 1. The molecule has 0 spiro atoms. The minimum absolute atomic E-state index is 0.0817. The summed E-state index contributed by atoms with van der Waals surface area (Å²) in [6, 6.07) is 7.10. The topological polar surface area (TPSA) is 80.1 Å². The van der Waals surface area contributed by atoms with Crippen LogP contribution in [0.5, 0.6) is 0 Å². The van der Waals surface area contributed by atoms with Crippen molar-refractivity contribution in [1.82, 2.24) is 20.1 Å². The molecule has 2 heterocycles. The fourth-order valence-corrected chi connectivity index (χ4v) is 3.52. The molecule has 1 aromatic heterocycles. The Hall–Kier alpha value is -2.70. The number of nitrogens with zero attached hydrogens (tertiary/aromatic N) is 4. The van der Waals surface area contributed by atoms with Gasteiger partial charge in [-0.1, -0.05) is 12.1 Å². The first-order valence-corrected chi connectivity index (χ1v) is 9.13. The lowest BCUT2D eigenvalue weighted by Crippen LogP contribution is -2.35. The Morgan fingerprint density at radius 3 is 2.77 bits per heavy atom. The zero-order chi connectivity index (χ0) is 18.3. The number of carbonyl (C=O) groups excluding carboxylic acids is 2. The fourth-order valence-electron chi connectivity index (χ4n) is 3.52. The van der Waals surface area contributed by atoms with Gasteiger partial charge in [-0.25, -0.2) is 9.67 Å². The molecule has 136 valence electrons. The van der Waals surface area contributed by atoms with E-state index in [1.54, 1.807) is 18.0 Å². The van der Waals surface area contributed by atoms with Crippen LogP contribution in [0.4, 0.5) is 5.69 Å². The minimum atomic E-state index is -0.185. The normalized spacial score (nSPS) is 18.9. The predicted octanol–water partition coefficient (Wildman–Crippen LogP) is 2.22. The Bertz CT molecular complexity index is 855. The largest absolute Gasteiger partial charge is 0.342 e. The van der Waals surface area contributed by atoms with Crippen molar-refractivity contribution in [2.24, 2.45) is 5.92 Å². The summed E-state index contributed by atoms with van der Waals surface area (Å²) in [4.78, 5) is 31.4. The maximum absolute atomic E-state index is 13.0. The van der Waals surface area contributed by atoms with E-state index in [0.717, 1.165) is 43.9 Å².